The van der Waals surface area contributed by atoms with Crippen molar-refractivity contribution in [2.75, 3.05) is 9.80 Å². The van der Waals surface area contributed by atoms with E-state index in [0.717, 1.165) is 34.1 Å². The fourth-order valence-corrected chi connectivity index (χ4v) is 13.0. The topological polar surface area (TPSA) is 6.48 Å². The van der Waals surface area contributed by atoms with Crippen molar-refractivity contribution in [1.82, 2.24) is 0 Å². The first-order chi connectivity index (χ1) is 33.7. The van der Waals surface area contributed by atoms with Crippen LogP contribution in [0.4, 0.5) is 34.1 Å². The van der Waals surface area contributed by atoms with Crippen molar-refractivity contribution in [2.45, 2.75) is 5.41 Å². The highest BCUT2D eigenvalue weighted by molar-refractivity contribution is 7.20. The van der Waals surface area contributed by atoms with Gasteiger partial charge in [0.05, 0.1) is 11.1 Å². The standard InChI is InChI=1S/C65H42N2S/c1-4-18-43(19-5-1)44-32-34-48(35-33-44)66(46-21-6-2-7-22-46)49-36-38-54-53-27-14-16-30-58(53)65(59(54)41-49)60-42-50(37-39-56(60)63-57-29-15-17-31-62(57)68-64(63)65)67(47-23-8-3-9-24-47)61-40-45-20-10-11-25-51(45)52-26-12-13-28-55(52)61/h1-42H. The number of benzene rings is 11. The van der Waals surface area contributed by atoms with E-state index >= 15 is 0 Å². The second-order valence-corrected chi connectivity index (χ2v) is 19.0. The van der Waals surface area contributed by atoms with Gasteiger partial charge < -0.3 is 9.80 Å². The lowest BCUT2D eigenvalue weighted by Crippen LogP contribution is -2.25. The van der Waals surface area contributed by atoms with Gasteiger partial charge in [0.2, 0.25) is 0 Å². The predicted molar refractivity (Wildman–Crippen MR) is 288 cm³/mol. The first kappa shape index (κ1) is 38.7. The molecule has 68 heavy (non-hydrogen) atoms. The molecule has 0 fully saturated rings. The van der Waals surface area contributed by atoms with E-state index in [0.29, 0.717) is 0 Å². The number of rotatable bonds is 7. The summed E-state index contributed by atoms with van der Waals surface area (Å²) in [5.74, 6) is 0. The maximum atomic E-state index is 2.53. The van der Waals surface area contributed by atoms with E-state index in [9.17, 15) is 0 Å². The van der Waals surface area contributed by atoms with Crippen LogP contribution in [0.5, 0.6) is 0 Å². The highest BCUT2D eigenvalue weighted by Gasteiger charge is 2.54. The minimum atomic E-state index is -0.584. The molecule has 2 aliphatic carbocycles. The molecular weight excluding hydrogens is 841 g/mol. The fraction of sp³-hybridized carbons (Fsp3) is 0.0154. The van der Waals surface area contributed by atoms with Crippen molar-refractivity contribution in [3.63, 3.8) is 0 Å². The summed E-state index contributed by atoms with van der Waals surface area (Å²) in [6, 6.07) is 94.2. The lowest BCUT2D eigenvalue weighted by Gasteiger charge is -2.33. The Balaban J connectivity index is 1.04. The Hall–Kier alpha value is -8.50. The molecule has 0 amide bonds. The van der Waals surface area contributed by atoms with Crippen molar-refractivity contribution >= 4 is 77.1 Å². The molecule has 0 saturated carbocycles. The van der Waals surface area contributed by atoms with Crippen molar-refractivity contribution in [3.8, 4) is 33.4 Å². The molecule has 0 aliphatic heterocycles. The third-order valence-corrected chi connectivity index (χ3v) is 15.7. The highest BCUT2D eigenvalue weighted by Crippen LogP contribution is 2.67. The van der Waals surface area contributed by atoms with Gasteiger partial charge in [0.1, 0.15) is 0 Å². The molecule has 0 radical (unpaired) electrons. The van der Waals surface area contributed by atoms with Crippen molar-refractivity contribution in [3.05, 3.63) is 276 Å². The van der Waals surface area contributed by atoms with E-state index in [2.05, 4.69) is 265 Å². The number of anilines is 6. The minimum absolute atomic E-state index is 0.584. The van der Waals surface area contributed by atoms with Gasteiger partial charge in [0.25, 0.3) is 0 Å². The second kappa shape index (κ2) is 15.3. The normalized spacial score (nSPS) is 14.2. The average molecular weight is 883 g/mol. The molecule has 1 unspecified atom stereocenters. The lowest BCUT2D eigenvalue weighted by molar-refractivity contribution is 0.811. The zero-order valence-corrected chi connectivity index (χ0v) is 37.9. The number of fused-ring (bicyclic) bond motifs is 15. The van der Waals surface area contributed by atoms with Gasteiger partial charge in [-0.1, -0.05) is 182 Å². The van der Waals surface area contributed by atoms with E-state index in [1.165, 1.54) is 86.6 Å². The predicted octanol–water partition coefficient (Wildman–Crippen LogP) is 18.2. The molecule has 1 aromatic heterocycles. The first-order valence-electron chi connectivity index (χ1n) is 23.4. The number of nitrogens with zero attached hydrogens (tertiary/aromatic N) is 2. The molecule has 3 heteroatoms. The third kappa shape index (κ3) is 5.70. The minimum Gasteiger partial charge on any atom is -0.310 e. The summed E-state index contributed by atoms with van der Waals surface area (Å²) in [4.78, 5) is 6.29. The van der Waals surface area contributed by atoms with Crippen LogP contribution in [0, 0.1) is 0 Å². The fourth-order valence-electron chi connectivity index (χ4n) is 11.5. The third-order valence-electron chi connectivity index (χ3n) is 14.4. The van der Waals surface area contributed by atoms with Crippen LogP contribution < -0.4 is 9.80 Å². The largest absolute Gasteiger partial charge is 0.310 e. The van der Waals surface area contributed by atoms with Crippen molar-refractivity contribution in [1.29, 1.82) is 0 Å². The number of para-hydroxylation sites is 2. The second-order valence-electron chi connectivity index (χ2n) is 18.0. The van der Waals surface area contributed by atoms with Gasteiger partial charge >= 0.3 is 0 Å². The van der Waals surface area contributed by atoms with Crippen molar-refractivity contribution < 1.29 is 0 Å². The summed E-state index contributed by atoms with van der Waals surface area (Å²) >= 11 is 1.96. The van der Waals surface area contributed by atoms with Gasteiger partial charge in [0.15, 0.2) is 0 Å². The monoisotopic (exact) mass is 882 g/mol. The Bertz CT molecular complexity index is 3910. The summed E-state index contributed by atoms with van der Waals surface area (Å²) < 4.78 is 1.31. The maximum absolute atomic E-state index is 2.53. The molecule has 2 nitrogen and oxygen atoms in total. The summed E-state index contributed by atoms with van der Waals surface area (Å²) in [7, 11) is 0. The average Bonchev–Trinajstić information content (AvgIpc) is 4.03. The van der Waals surface area contributed by atoms with E-state index in [-0.39, 0.29) is 0 Å². The number of thiophene rings is 1. The van der Waals surface area contributed by atoms with Gasteiger partial charge in [-0.05, 0) is 133 Å². The van der Waals surface area contributed by atoms with Crippen LogP contribution in [0.3, 0.4) is 0 Å². The molecule has 14 rings (SSSR count). The maximum Gasteiger partial charge on any atom is 0.0820 e. The Morgan fingerprint density at radius 3 is 1.56 bits per heavy atom. The smallest absolute Gasteiger partial charge is 0.0820 e. The van der Waals surface area contributed by atoms with Crippen LogP contribution in [0.15, 0.2) is 255 Å². The summed E-state index contributed by atoms with van der Waals surface area (Å²) in [5.41, 5.74) is 17.7. The van der Waals surface area contributed by atoms with E-state index in [4.69, 9.17) is 0 Å². The molecule has 0 saturated heterocycles. The zero-order chi connectivity index (χ0) is 44.8. The summed E-state index contributed by atoms with van der Waals surface area (Å²) in [6.45, 7) is 0. The Morgan fingerprint density at radius 2 is 0.809 bits per heavy atom. The van der Waals surface area contributed by atoms with Gasteiger partial charge in [0, 0.05) is 54.3 Å². The zero-order valence-electron chi connectivity index (χ0n) is 37.1. The van der Waals surface area contributed by atoms with Gasteiger partial charge in [-0.25, -0.2) is 0 Å². The summed E-state index contributed by atoms with van der Waals surface area (Å²) in [6.07, 6.45) is 0. The number of hydrogen-bond acceptors (Lipinski definition) is 3. The quantitative estimate of drug-likeness (QED) is 0.147. The highest BCUT2D eigenvalue weighted by atomic mass is 32.1. The molecule has 1 heterocycles. The van der Waals surface area contributed by atoms with E-state index in [1.54, 1.807) is 0 Å². The number of hydrogen-bond donors (Lipinski definition) is 0. The molecule has 0 N–H and O–H groups in total. The molecule has 2 aliphatic rings. The molecule has 1 atom stereocenters. The van der Waals surface area contributed by atoms with Crippen LogP contribution in [0.2, 0.25) is 0 Å². The summed E-state index contributed by atoms with van der Waals surface area (Å²) in [5, 5.41) is 6.25. The SMILES string of the molecule is c1ccc(-c2ccc(N(c3ccccc3)c3ccc4c(c3)C3(c5ccccc5-4)c4cc(N(c5ccccc5)c5cc6ccccc6c6ccccc56)ccc4-c4c3sc3ccccc43)cc2)cc1. The molecule has 11 aromatic carbocycles. The first-order valence-corrected chi connectivity index (χ1v) is 24.2. The van der Waals surface area contributed by atoms with Crippen molar-refractivity contribution in [2.24, 2.45) is 0 Å². The van der Waals surface area contributed by atoms with E-state index < -0.39 is 5.41 Å². The van der Waals surface area contributed by atoms with Crippen LogP contribution in [-0.4, -0.2) is 0 Å². The van der Waals surface area contributed by atoms with Gasteiger partial charge in [-0.15, -0.1) is 11.3 Å². The van der Waals surface area contributed by atoms with Gasteiger partial charge in [-0.3, -0.25) is 0 Å². The molecule has 0 bridgehead atoms. The Morgan fingerprint density at radius 1 is 0.309 bits per heavy atom. The van der Waals surface area contributed by atoms with Crippen LogP contribution in [0.25, 0.3) is 65.0 Å². The molecular formula is C65H42N2S. The van der Waals surface area contributed by atoms with Crippen LogP contribution in [-0.2, 0) is 5.41 Å². The lowest BCUT2D eigenvalue weighted by atomic mass is 9.73. The van der Waals surface area contributed by atoms with E-state index in [1.807, 2.05) is 11.3 Å². The molecule has 1 spiro atoms. The molecule has 12 aromatic rings. The van der Waals surface area contributed by atoms with Gasteiger partial charge in [-0.2, -0.15) is 0 Å². The Kier molecular flexibility index (Phi) is 8.71. The Labute approximate surface area is 399 Å². The van der Waals surface area contributed by atoms with Crippen LogP contribution in [0.1, 0.15) is 21.6 Å². The van der Waals surface area contributed by atoms with Crippen LogP contribution >= 0.6 is 11.3 Å². The molecule has 318 valence electrons.